The molecule has 0 aliphatic rings. The Hall–Kier alpha value is -1.95. The van der Waals surface area contributed by atoms with Gasteiger partial charge in [0.15, 0.2) is 0 Å². The number of hydrogen-bond acceptors (Lipinski definition) is 2. The average Bonchev–Trinajstić information content (AvgIpc) is 2.32. The fourth-order valence-electron chi connectivity index (χ4n) is 1.45. The fraction of sp³-hybridized carbons (Fsp3) is 0.357. The summed E-state index contributed by atoms with van der Waals surface area (Å²) < 4.78 is 0. The van der Waals surface area contributed by atoms with E-state index in [1.807, 2.05) is 0 Å². The number of benzene rings is 1. The summed E-state index contributed by atoms with van der Waals surface area (Å²) >= 11 is 0. The van der Waals surface area contributed by atoms with Gasteiger partial charge in [0.25, 0.3) is 5.91 Å². The molecular formula is C14H17NO2. The second-order valence-corrected chi connectivity index (χ2v) is 3.92. The van der Waals surface area contributed by atoms with Crippen LogP contribution in [0.2, 0.25) is 0 Å². The van der Waals surface area contributed by atoms with E-state index >= 15 is 0 Å². The molecule has 0 aliphatic heterocycles. The van der Waals surface area contributed by atoms with E-state index in [9.17, 15) is 9.90 Å². The van der Waals surface area contributed by atoms with Crippen LogP contribution in [0.1, 0.15) is 35.2 Å². The number of hydrogen-bond donors (Lipinski definition) is 2. The molecule has 0 heterocycles. The predicted molar refractivity (Wildman–Crippen MR) is 67.9 cm³/mol. The van der Waals surface area contributed by atoms with Crippen molar-refractivity contribution in [1.29, 1.82) is 0 Å². The molecule has 17 heavy (non-hydrogen) atoms. The summed E-state index contributed by atoms with van der Waals surface area (Å²) in [6.07, 6.45) is 7.68. The Balaban J connectivity index is 2.42. The highest BCUT2D eigenvalue weighted by Crippen LogP contribution is 2.16. The zero-order valence-electron chi connectivity index (χ0n) is 9.99. The molecule has 90 valence electrons. The quantitative estimate of drug-likeness (QED) is 0.603. The van der Waals surface area contributed by atoms with Gasteiger partial charge in [-0.05, 0) is 43.5 Å². The number of carbonyl (C=O) groups excluding carboxylic acids is 1. The van der Waals surface area contributed by atoms with Crippen LogP contribution < -0.4 is 5.32 Å². The van der Waals surface area contributed by atoms with Crippen molar-refractivity contribution in [3.05, 3.63) is 29.3 Å². The minimum absolute atomic E-state index is 0.117. The van der Waals surface area contributed by atoms with Gasteiger partial charge in [0.05, 0.1) is 0 Å². The van der Waals surface area contributed by atoms with E-state index in [4.69, 9.17) is 6.42 Å². The Kier molecular flexibility index (Phi) is 5.09. The van der Waals surface area contributed by atoms with E-state index in [1.165, 1.54) is 6.07 Å². The maximum absolute atomic E-state index is 11.7. The highest BCUT2D eigenvalue weighted by molar-refractivity contribution is 5.94. The van der Waals surface area contributed by atoms with Crippen molar-refractivity contribution in [2.75, 3.05) is 6.54 Å². The Morgan fingerprint density at radius 3 is 2.88 bits per heavy atom. The maximum atomic E-state index is 11.7. The van der Waals surface area contributed by atoms with Gasteiger partial charge in [-0.1, -0.05) is 0 Å². The molecule has 0 aliphatic carbocycles. The standard InChI is InChI=1S/C14H17NO2/c1-3-4-5-6-9-15-14(17)12-7-8-13(16)11(2)10-12/h1,7-8,10,16H,4-6,9H2,2H3,(H,15,17). The molecule has 0 bridgehead atoms. The lowest BCUT2D eigenvalue weighted by molar-refractivity contribution is 0.0953. The van der Waals surface area contributed by atoms with Gasteiger partial charge in [0, 0.05) is 18.5 Å². The second-order valence-electron chi connectivity index (χ2n) is 3.92. The highest BCUT2D eigenvalue weighted by Gasteiger charge is 2.06. The number of amides is 1. The van der Waals surface area contributed by atoms with E-state index in [0.29, 0.717) is 17.7 Å². The van der Waals surface area contributed by atoms with Gasteiger partial charge in [-0.15, -0.1) is 12.3 Å². The van der Waals surface area contributed by atoms with Crippen LogP contribution in [0.4, 0.5) is 0 Å². The minimum atomic E-state index is -0.117. The highest BCUT2D eigenvalue weighted by atomic mass is 16.3. The first kappa shape index (κ1) is 13.1. The van der Waals surface area contributed by atoms with Gasteiger partial charge in [-0.2, -0.15) is 0 Å². The van der Waals surface area contributed by atoms with Crippen molar-refractivity contribution >= 4 is 5.91 Å². The first-order valence-corrected chi connectivity index (χ1v) is 5.66. The molecule has 1 aromatic rings. The lowest BCUT2D eigenvalue weighted by Crippen LogP contribution is -2.24. The summed E-state index contributed by atoms with van der Waals surface area (Å²) in [7, 11) is 0. The average molecular weight is 231 g/mol. The number of aromatic hydroxyl groups is 1. The van der Waals surface area contributed by atoms with Crippen LogP contribution in [0.15, 0.2) is 18.2 Å². The lowest BCUT2D eigenvalue weighted by Gasteiger charge is -2.06. The number of phenolic OH excluding ortho intramolecular Hbond substituents is 1. The summed E-state index contributed by atoms with van der Waals surface area (Å²) in [5.41, 5.74) is 1.27. The third-order valence-corrected chi connectivity index (χ3v) is 2.49. The molecule has 0 unspecified atom stereocenters. The van der Waals surface area contributed by atoms with Gasteiger partial charge >= 0.3 is 0 Å². The van der Waals surface area contributed by atoms with Crippen LogP contribution in [-0.4, -0.2) is 17.6 Å². The summed E-state index contributed by atoms with van der Waals surface area (Å²) in [4.78, 5) is 11.7. The van der Waals surface area contributed by atoms with Crippen molar-refractivity contribution in [3.63, 3.8) is 0 Å². The Morgan fingerprint density at radius 2 is 2.24 bits per heavy atom. The monoisotopic (exact) mass is 231 g/mol. The van der Waals surface area contributed by atoms with Crippen LogP contribution in [0.25, 0.3) is 0 Å². The number of terminal acetylenes is 1. The second kappa shape index (κ2) is 6.59. The van der Waals surface area contributed by atoms with Gasteiger partial charge in [-0.25, -0.2) is 0 Å². The molecule has 1 amide bonds. The molecule has 3 heteroatoms. The number of unbranched alkanes of at least 4 members (excludes halogenated alkanes) is 2. The van der Waals surface area contributed by atoms with Gasteiger partial charge in [-0.3, -0.25) is 4.79 Å². The van der Waals surface area contributed by atoms with Crippen molar-refractivity contribution in [1.82, 2.24) is 5.32 Å². The zero-order valence-corrected chi connectivity index (χ0v) is 9.99. The van der Waals surface area contributed by atoms with Crippen molar-refractivity contribution in [2.45, 2.75) is 26.2 Å². The molecule has 2 N–H and O–H groups in total. The Labute approximate surface area is 102 Å². The summed E-state index contributed by atoms with van der Waals surface area (Å²) in [6, 6.07) is 4.81. The van der Waals surface area contributed by atoms with Gasteiger partial charge < -0.3 is 10.4 Å². The number of aryl methyl sites for hydroxylation is 1. The summed E-state index contributed by atoms with van der Waals surface area (Å²) in [6.45, 7) is 2.39. The SMILES string of the molecule is C#CCCCCNC(=O)c1ccc(O)c(C)c1. The maximum Gasteiger partial charge on any atom is 0.251 e. The van der Waals surface area contributed by atoms with E-state index in [0.717, 1.165) is 19.3 Å². The van der Waals surface area contributed by atoms with Crippen LogP contribution in [-0.2, 0) is 0 Å². The number of rotatable bonds is 5. The Bertz CT molecular complexity index is 432. The van der Waals surface area contributed by atoms with Crippen LogP contribution in [0.3, 0.4) is 0 Å². The molecule has 0 saturated heterocycles. The van der Waals surface area contributed by atoms with Crippen molar-refractivity contribution < 1.29 is 9.90 Å². The summed E-state index contributed by atoms with van der Waals surface area (Å²) in [5, 5.41) is 12.2. The smallest absolute Gasteiger partial charge is 0.251 e. The number of phenols is 1. The molecule has 0 aromatic heterocycles. The minimum Gasteiger partial charge on any atom is -0.508 e. The molecule has 1 rings (SSSR count). The van der Waals surface area contributed by atoms with Gasteiger partial charge in [0.1, 0.15) is 5.75 Å². The molecule has 0 radical (unpaired) electrons. The first-order chi connectivity index (χ1) is 8.15. The summed E-state index contributed by atoms with van der Waals surface area (Å²) in [5.74, 6) is 2.65. The van der Waals surface area contributed by atoms with Gasteiger partial charge in [0.2, 0.25) is 0 Å². The number of nitrogens with one attached hydrogen (secondary N) is 1. The van der Waals surface area contributed by atoms with Crippen molar-refractivity contribution in [2.24, 2.45) is 0 Å². The Morgan fingerprint density at radius 1 is 1.47 bits per heavy atom. The lowest BCUT2D eigenvalue weighted by atomic mass is 10.1. The molecule has 0 saturated carbocycles. The molecule has 0 atom stereocenters. The molecule has 0 fully saturated rings. The van der Waals surface area contributed by atoms with Crippen LogP contribution in [0, 0.1) is 19.3 Å². The largest absolute Gasteiger partial charge is 0.508 e. The van der Waals surface area contributed by atoms with Crippen molar-refractivity contribution in [3.8, 4) is 18.1 Å². The molecule has 3 nitrogen and oxygen atoms in total. The van der Waals surface area contributed by atoms with Crippen LogP contribution in [0.5, 0.6) is 5.75 Å². The van der Waals surface area contributed by atoms with E-state index in [-0.39, 0.29) is 11.7 Å². The topological polar surface area (TPSA) is 49.3 Å². The van der Waals surface area contributed by atoms with E-state index in [2.05, 4.69) is 11.2 Å². The molecule has 1 aromatic carbocycles. The molecule has 0 spiro atoms. The third-order valence-electron chi connectivity index (χ3n) is 2.49. The normalized spacial score (nSPS) is 9.65. The zero-order chi connectivity index (χ0) is 12.7. The fourth-order valence-corrected chi connectivity index (χ4v) is 1.45. The molecular weight excluding hydrogens is 214 g/mol. The van der Waals surface area contributed by atoms with E-state index < -0.39 is 0 Å². The third kappa shape index (κ3) is 4.20. The number of carbonyl (C=O) groups is 1. The first-order valence-electron chi connectivity index (χ1n) is 5.66. The van der Waals surface area contributed by atoms with Crippen LogP contribution >= 0.6 is 0 Å². The predicted octanol–water partition coefficient (Wildman–Crippen LogP) is 2.23. The van der Waals surface area contributed by atoms with E-state index in [1.54, 1.807) is 19.1 Å².